The Morgan fingerprint density at radius 2 is 1.83 bits per heavy atom. The highest BCUT2D eigenvalue weighted by Crippen LogP contribution is 2.34. The Morgan fingerprint density at radius 3 is 2.33 bits per heavy atom. The SMILES string of the molecule is CCC1NC(C2CCCC2)N(C(CC)CC)C1=O. The van der Waals surface area contributed by atoms with Crippen molar-refractivity contribution in [2.45, 2.75) is 84.0 Å². The molecule has 2 aliphatic rings. The maximum absolute atomic E-state index is 12.5. The molecule has 0 bridgehead atoms. The summed E-state index contributed by atoms with van der Waals surface area (Å²) < 4.78 is 0. The number of hydrogen-bond donors (Lipinski definition) is 1. The van der Waals surface area contributed by atoms with Gasteiger partial charge in [0.05, 0.1) is 12.2 Å². The van der Waals surface area contributed by atoms with Gasteiger partial charge in [-0.05, 0) is 38.0 Å². The normalized spacial score (nSPS) is 29.8. The average Bonchev–Trinajstić information content (AvgIpc) is 3.00. The van der Waals surface area contributed by atoms with E-state index in [1.807, 2.05) is 0 Å². The van der Waals surface area contributed by atoms with Crippen molar-refractivity contribution in [2.75, 3.05) is 0 Å². The first-order chi connectivity index (χ1) is 8.72. The predicted molar refractivity (Wildman–Crippen MR) is 74.2 cm³/mol. The van der Waals surface area contributed by atoms with E-state index in [1.165, 1.54) is 25.7 Å². The first-order valence-electron chi connectivity index (χ1n) is 7.81. The zero-order valence-corrected chi connectivity index (χ0v) is 12.1. The van der Waals surface area contributed by atoms with E-state index in [-0.39, 0.29) is 6.04 Å². The van der Waals surface area contributed by atoms with Gasteiger partial charge in [0, 0.05) is 6.04 Å². The summed E-state index contributed by atoms with van der Waals surface area (Å²) in [5, 5.41) is 3.61. The number of carbonyl (C=O) groups is 1. The molecule has 104 valence electrons. The topological polar surface area (TPSA) is 32.3 Å². The van der Waals surface area contributed by atoms with Crippen LogP contribution < -0.4 is 5.32 Å². The minimum Gasteiger partial charge on any atom is -0.323 e. The minimum absolute atomic E-state index is 0.0659. The molecule has 1 N–H and O–H groups in total. The van der Waals surface area contributed by atoms with Crippen molar-refractivity contribution in [1.29, 1.82) is 0 Å². The second-order valence-corrected chi connectivity index (χ2v) is 5.83. The molecule has 2 unspecified atom stereocenters. The van der Waals surface area contributed by atoms with E-state index < -0.39 is 0 Å². The quantitative estimate of drug-likeness (QED) is 0.816. The van der Waals surface area contributed by atoms with Crippen LogP contribution in [0.3, 0.4) is 0 Å². The van der Waals surface area contributed by atoms with E-state index in [0.29, 0.717) is 24.0 Å². The Labute approximate surface area is 111 Å². The van der Waals surface area contributed by atoms with Crippen molar-refractivity contribution in [2.24, 2.45) is 5.92 Å². The molecule has 1 heterocycles. The Kier molecular flexibility index (Phi) is 4.66. The molecule has 0 aromatic heterocycles. The molecule has 3 heteroatoms. The molecule has 1 amide bonds. The van der Waals surface area contributed by atoms with Crippen LogP contribution in [0.1, 0.15) is 65.7 Å². The summed E-state index contributed by atoms with van der Waals surface area (Å²) in [6, 6.07) is 0.489. The van der Waals surface area contributed by atoms with E-state index in [9.17, 15) is 4.79 Å². The first-order valence-corrected chi connectivity index (χ1v) is 7.81. The molecule has 2 atom stereocenters. The van der Waals surface area contributed by atoms with E-state index in [1.54, 1.807) is 0 Å². The lowest BCUT2D eigenvalue weighted by Gasteiger charge is -2.34. The molecule has 2 rings (SSSR count). The van der Waals surface area contributed by atoms with Crippen molar-refractivity contribution >= 4 is 5.91 Å². The summed E-state index contributed by atoms with van der Waals surface area (Å²) in [6.07, 6.45) is 8.63. The Morgan fingerprint density at radius 1 is 1.22 bits per heavy atom. The average molecular weight is 252 g/mol. The summed E-state index contributed by atoms with van der Waals surface area (Å²) in [4.78, 5) is 14.7. The Balaban J connectivity index is 2.16. The lowest BCUT2D eigenvalue weighted by atomic mass is 10.0. The zero-order valence-electron chi connectivity index (χ0n) is 12.1. The number of nitrogens with zero attached hydrogens (tertiary/aromatic N) is 1. The lowest BCUT2D eigenvalue weighted by Crippen LogP contribution is -2.47. The highest BCUT2D eigenvalue weighted by Gasteiger charge is 2.44. The molecule has 1 saturated carbocycles. The van der Waals surface area contributed by atoms with Gasteiger partial charge < -0.3 is 4.90 Å². The fraction of sp³-hybridized carbons (Fsp3) is 0.933. The van der Waals surface area contributed by atoms with E-state index in [4.69, 9.17) is 0 Å². The summed E-state index contributed by atoms with van der Waals surface area (Å²) in [5.74, 6) is 1.04. The van der Waals surface area contributed by atoms with Crippen molar-refractivity contribution in [3.8, 4) is 0 Å². The third-order valence-corrected chi connectivity index (χ3v) is 4.81. The Bertz CT molecular complexity index is 282. The number of hydrogen-bond acceptors (Lipinski definition) is 2. The van der Waals surface area contributed by atoms with Crippen LogP contribution in [0.4, 0.5) is 0 Å². The van der Waals surface area contributed by atoms with Gasteiger partial charge in [0.1, 0.15) is 0 Å². The van der Waals surface area contributed by atoms with Gasteiger partial charge in [-0.3, -0.25) is 10.1 Å². The van der Waals surface area contributed by atoms with Crippen LogP contribution in [0.25, 0.3) is 0 Å². The lowest BCUT2D eigenvalue weighted by molar-refractivity contribution is -0.133. The molecule has 1 saturated heterocycles. The molecular weight excluding hydrogens is 224 g/mol. The second kappa shape index (κ2) is 6.05. The van der Waals surface area contributed by atoms with Gasteiger partial charge in [0.15, 0.2) is 0 Å². The maximum atomic E-state index is 12.5. The summed E-state index contributed by atoms with van der Waals surface area (Å²) in [5.41, 5.74) is 0. The fourth-order valence-electron chi connectivity index (χ4n) is 3.69. The predicted octanol–water partition coefficient (Wildman–Crippen LogP) is 2.90. The van der Waals surface area contributed by atoms with Gasteiger partial charge in [-0.25, -0.2) is 0 Å². The number of amides is 1. The second-order valence-electron chi connectivity index (χ2n) is 5.83. The summed E-state index contributed by atoms with van der Waals surface area (Å²) in [7, 11) is 0. The van der Waals surface area contributed by atoms with Crippen molar-refractivity contribution in [3.63, 3.8) is 0 Å². The third-order valence-electron chi connectivity index (χ3n) is 4.81. The molecule has 1 aliphatic heterocycles. The molecule has 2 fully saturated rings. The zero-order chi connectivity index (χ0) is 13.1. The van der Waals surface area contributed by atoms with Crippen molar-refractivity contribution in [3.05, 3.63) is 0 Å². The number of nitrogens with one attached hydrogen (secondary N) is 1. The molecular formula is C15H28N2O. The van der Waals surface area contributed by atoms with Gasteiger partial charge in [0.2, 0.25) is 5.91 Å². The number of carbonyl (C=O) groups excluding carboxylic acids is 1. The van der Waals surface area contributed by atoms with Crippen LogP contribution in [0, 0.1) is 5.92 Å². The largest absolute Gasteiger partial charge is 0.323 e. The highest BCUT2D eigenvalue weighted by atomic mass is 16.2. The molecule has 0 aromatic carbocycles. The van der Waals surface area contributed by atoms with Gasteiger partial charge in [-0.2, -0.15) is 0 Å². The standard InChI is InChI=1S/C15H28N2O/c1-4-12(5-2)17-14(11-9-7-8-10-11)16-13(6-3)15(17)18/h11-14,16H,4-10H2,1-3H3. The minimum atomic E-state index is 0.0659. The van der Waals surface area contributed by atoms with E-state index in [2.05, 4.69) is 31.0 Å². The first kappa shape index (κ1) is 13.9. The van der Waals surface area contributed by atoms with Crippen molar-refractivity contribution in [1.82, 2.24) is 10.2 Å². The molecule has 0 spiro atoms. The molecule has 18 heavy (non-hydrogen) atoms. The van der Waals surface area contributed by atoms with Crippen LogP contribution in [-0.4, -0.2) is 29.1 Å². The summed E-state index contributed by atoms with van der Waals surface area (Å²) in [6.45, 7) is 6.51. The van der Waals surface area contributed by atoms with Crippen LogP contribution in [0.5, 0.6) is 0 Å². The van der Waals surface area contributed by atoms with Crippen LogP contribution in [0.15, 0.2) is 0 Å². The maximum Gasteiger partial charge on any atom is 0.241 e. The third kappa shape index (κ3) is 2.42. The van der Waals surface area contributed by atoms with Crippen LogP contribution in [-0.2, 0) is 4.79 Å². The van der Waals surface area contributed by atoms with Crippen LogP contribution in [0.2, 0.25) is 0 Å². The van der Waals surface area contributed by atoms with Crippen LogP contribution >= 0.6 is 0 Å². The van der Waals surface area contributed by atoms with Crippen molar-refractivity contribution < 1.29 is 4.79 Å². The molecule has 1 aliphatic carbocycles. The Hall–Kier alpha value is -0.570. The molecule has 3 nitrogen and oxygen atoms in total. The number of rotatable bonds is 5. The van der Waals surface area contributed by atoms with Gasteiger partial charge in [0.25, 0.3) is 0 Å². The van der Waals surface area contributed by atoms with Gasteiger partial charge in [-0.15, -0.1) is 0 Å². The van der Waals surface area contributed by atoms with E-state index in [0.717, 1.165) is 19.3 Å². The molecule has 0 radical (unpaired) electrons. The summed E-state index contributed by atoms with van der Waals surface area (Å²) >= 11 is 0. The van der Waals surface area contributed by atoms with E-state index >= 15 is 0 Å². The van der Waals surface area contributed by atoms with Gasteiger partial charge >= 0.3 is 0 Å². The fourth-order valence-corrected chi connectivity index (χ4v) is 3.69. The highest BCUT2D eigenvalue weighted by molar-refractivity contribution is 5.84. The van der Waals surface area contributed by atoms with Gasteiger partial charge in [-0.1, -0.05) is 33.6 Å². The molecule has 0 aromatic rings. The smallest absolute Gasteiger partial charge is 0.241 e. The monoisotopic (exact) mass is 252 g/mol.